The quantitative estimate of drug-likeness (QED) is 0.418. The predicted octanol–water partition coefficient (Wildman–Crippen LogP) is 2.34. The van der Waals surface area contributed by atoms with Crippen molar-refractivity contribution in [3.05, 3.63) is 87.2 Å². The Hall–Kier alpha value is -3.39. The van der Waals surface area contributed by atoms with Crippen LogP contribution in [0.5, 0.6) is 0 Å². The smallest absolute Gasteiger partial charge is 0.275 e. The van der Waals surface area contributed by atoms with Crippen LogP contribution in [0, 0.1) is 0 Å². The number of rotatable bonds is 4. The molecule has 0 spiro atoms. The van der Waals surface area contributed by atoms with E-state index in [9.17, 15) is 9.59 Å². The molecule has 0 radical (unpaired) electrons. The van der Waals surface area contributed by atoms with Gasteiger partial charge in [0.25, 0.3) is 11.1 Å². The summed E-state index contributed by atoms with van der Waals surface area (Å²) in [6.45, 7) is 0. The largest absolute Gasteiger partial charge is 0.385 e. The van der Waals surface area contributed by atoms with Crippen LogP contribution >= 0.6 is 11.8 Å². The van der Waals surface area contributed by atoms with Gasteiger partial charge in [0.15, 0.2) is 5.16 Å². The minimum Gasteiger partial charge on any atom is -0.385 e. The number of hydrogen-bond donors (Lipinski definition) is 2. The van der Waals surface area contributed by atoms with Crippen molar-refractivity contribution < 1.29 is 0 Å². The second-order valence-corrected chi connectivity index (χ2v) is 6.73. The zero-order chi connectivity index (χ0) is 18.8. The molecule has 8 heteroatoms. The number of H-pyrrole nitrogens is 1. The lowest BCUT2D eigenvalue weighted by atomic mass is 10.2. The van der Waals surface area contributed by atoms with E-state index in [2.05, 4.69) is 15.0 Å². The summed E-state index contributed by atoms with van der Waals surface area (Å²) in [6, 6.07) is 17.8. The lowest BCUT2D eigenvalue weighted by molar-refractivity contribution is 0.821. The number of benzene rings is 2. The summed E-state index contributed by atoms with van der Waals surface area (Å²) in [6.07, 6.45) is 0. The van der Waals surface area contributed by atoms with Gasteiger partial charge in [0.2, 0.25) is 0 Å². The molecule has 4 aromatic rings. The summed E-state index contributed by atoms with van der Waals surface area (Å²) in [7, 11) is 0. The second-order valence-electron chi connectivity index (χ2n) is 5.79. The Morgan fingerprint density at radius 2 is 1.74 bits per heavy atom. The Bertz CT molecular complexity index is 1230. The number of anilines is 1. The standard InChI is InChI=1S/C19H15N5O2S/c20-15-10-17(25)23-19(24(15)12-6-2-1-3-7-12)27-11-16-21-14-9-5-4-8-13(14)18(26)22-16/h1-10H,11,20H2,(H,21,22,26). The first-order valence-electron chi connectivity index (χ1n) is 8.17. The van der Waals surface area contributed by atoms with Gasteiger partial charge in [-0.05, 0) is 24.3 Å². The van der Waals surface area contributed by atoms with Gasteiger partial charge < -0.3 is 10.7 Å². The van der Waals surface area contributed by atoms with Crippen LogP contribution in [0.3, 0.4) is 0 Å². The number of para-hydroxylation sites is 2. The van der Waals surface area contributed by atoms with Crippen LogP contribution in [0.1, 0.15) is 5.82 Å². The van der Waals surface area contributed by atoms with Gasteiger partial charge in [0.05, 0.1) is 16.7 Å². The molecule has 7 nitrogen and oxygen atoms in total. The maximum atomic E-state index is 12.2. The molecule has 0 unspecified atom stereocenters. The maximum Gasteiger partial charge on any atom is 0.275 e. The zero-order valence-electron chi connectivity index (χ0n) is 14.1. The van der Waals surface area contributed by atoms with E-state index >= 15 is 0 Å². The molecule has 27 heavy (non-hydrogen) atoms. The first kappa shape index (κ1) is 17.0. The average Bonchev–Trinajstić information content (AvgIpc) is 2.67. The highest BCUT2D eigenvalue weighted by molar-refractivity contribution is 7.98. The average molecular weight is 377 g/mol. The SMILES string of the molecule is Nc1cc(=O)nc(SCc2nc3ccccc3c(=O)[nH]2)n1-c1ccccc1. The van der Waals surface area contributed by atoms with E-state index in [0.29, 0.717) is 33.5 Å². The Morgan fingerprint density at radius 3 is 2.56 bits per heavy atom. The molecular weight excluding hydrogens is 362 g/mol. The summed E-state index contributed by atoms with van der Waals surface area (Å²) in [5, 5.41) is 0.969. The van der Waals surface area contributed by atoms with Crippen molar-refractivity contribution in [3.8, 4) is 5.69 Å². The first-order valence-corrected chi connectivity index (χ1v) is 9.16. The minimum absolute atomic E-state index is 0.197. The number of nitrogen functional groups attached to an aromatic ring is 1. The topological polar surface area (TPSA) is 107 Å². The van der Waals surface area contributed by atoms with E-state index in [1.807, 2.05) is 36.4 Å². The summed E-state index contributed by atoms with van der Waals surface area (Å²) < 4.78 is 1.70. The Balaban J connectivity index is 1.71. The monoisotopic (exact) mass is 377 g/mol. The van der Waals surface area contributed by atoms with Crippen molar-refractivity contribution in [2.75, 3.05) is 5.73 Å². The van der Waals surface area contributed by atoms with Crippen LogP contribution in [-0.4, -0.2) is 19.5 Å². The number of nitrogens with one attached hydrogen (secondary N) is 1. The summed E-state index contributed by atoms with van der Waals surface area (Å²) in [5.41, 5.74) is 6.87. The van der Waals surface area contributed by atoms with E-state index < -0.39 is 5.56 Å². The molecule has 2 aromatic heterocycles. The van der Waals surface area contributed by atoms with Gasteiger partial charge in [0.1, 0.15) is 11.6 Å². The molecule has 2 aromatic carbocycles. The fraction of sp³-hybridized carbons (Fsp3) is 0.0526. The Kier molecular flexibility index (Phi) is 4.47. The number of thioether (sulfide) groups is 1. The third-order valence-corrected chi connectivity index (χ3v) is 4.89. The van der Waals surface area contributed by atoms with Crippen LogP contribution in [0.2, 0.25) is 0 Å². The molecule has 0 aliphatic carbocycles. The van der Waals surface area contributed by atoms with E-state index in [-0.39, 0.29) is 5.56 Å². The van der Waals surface area contributed by atoms with Gasteiger partial charge in [-0.2, -0.15) is 4.98 Å². The van der Waals surface area contributed by atoms with Crippen molar-refractivity contribution in [1.29, 1.82) is 0 Å². The fourth-order valence-corrected chi connectivity index (χ4v) is 3.64. The van der Waals surface area contributed by atoms with Crippen molar-refractivity contribution in [3.63, 3.8) is 0 Å². The molecule has 3 N–H and O–H groups in total. The molecule has 2 heterocycles. The number of nitrogens with two attached hydrogens (primary N) is 1. The van der Waals surface area contributed by atoms with E-state index in [4.69, 9.17) is 5.73 Å². The third-order valence-electron chi connectivity index (χ3n) is 3.94. The van der Waals surface area contributed by atoms with Gasteiger partial charge in [0, 0.05) is 11.8 Å². The molecule has 4 rings (SSSR count). The number of aromatic amines is 1. The van der Waals surface area contributed by atoms with Gasteiger partial charge in [-0.25, -0.2) is 4.98 Å². The first-order chi connectivity index (χ1) is 13.1. The van der Waals surface area contributed by atoms with Crippen LogP contribution in [0.15, 0.2) is 75.4 Å². The second kappa shape index (κ2) is 7.08. The fourth-order valence-electron chi connectivity index (χ4n) is 2.75. The normalized spacial score (nSPS) is 11.0. The van der Waals surface area contributed by atoms with Gasteiger partial charge >= 0.3 is 0 Å². The Morgan fingerprint density at radius 1 is 1.00 bits per heavy atom. The van der Waals surface area contributed by atoms with Crippen LogP contribution < -0.4 is 16.9 Å². The van der Waals surface area contributed by atoms with Gasteiger partial charge in [-0.15, -0.1) is 0 Å². The number of nitrogens with zero attached hydrogens (tertiary/aromatic N) is 3. The number of hydrogen-bond acceptors (Lipinski definition) is 6. The molecule has 0 bridgehead atoms. The summed E-state index contributed by atoms with van der Waals surface area (Å²) in [4.78, 5) is 35.4. The number of aromatic nitrogens is 4. The van der Waals surface area contributed by atoms with Gasteiger partial charge in [-0.3, -0.25) is 14.2 Å². The summed E-state index contributed by atoms with van der Waals surface area (Å²) >= 11 is 1.28. The molecule has 134 valence electrons. The summed E-state index contributed by atoms with van der Waals surface area (Å²) in [5.74, 6) is 1.13. The van der Waals surface area contributed by atoms with E-state index in [0.717, 1.165) is 5.69 Å². The number of fused-ring (bicyclic) bond motifs is 1. The minimum atomic E-state index is -0.415. The molecule has 0 aliphatic rings. The maximum absolute atomic E-state index is 12.2. The molecule has 0 atom stereocenters. The van der Waals surface area contributed by atoms with Crippen molar-refractivity contribution in [1.82, 2.24) is 19.5 Å². The lowest BCUT2D eigenvalue weighted by Gasteiger charge is -2.14. The van der Waals surface area contributed by atoms with Crippen LogP contribution in [-0.2, 0) is 5.75 Å². The molecule has 0 aliphatic heterocycles. The molecule has 0 amide bonds. The van der Waals surface area contributed by atoms with Crippen molar-refractivity contribution >= 4 is 28.5 Å². The van der Waals surface area contributed by atoms with E-state index in [1.54, 1.807) is 22.8 Å². The molecule has 0 saturated carbocycles. The zero-order valence-corrected chi connectivity index (χ0v) is 14.9. The molecule has 0 saturated heterocycles. The highest BCUT2D eigenvalue weighted by Gasteiger charge is 2.12. The highest BCUT2D eigenvalue weighted by Crippen LogP contribution is 2.24. The Labute approximate surface area is 157 Å². The predicted molar refractivity (Wildman–Crippen MR) is 106 cm³/mol. The van der Waals surface area contributed by atoms with Crippen molar-refractivity contribution in [2.45, 2.75) is 10.9 Å². The van der Waals surface area contributed by atoms with Crippen LogP contribution in [0.25, 0.3) is 16.6 Å². The van der Waals surface area contributed by atoms with E-state index in [1.165, 1.54) is 17.8 Å². The molecule has 0 fully saturated rings. The van der Waals surface area contributed by atoms with Crippen LogP contribution in [0.4, 0.5) is 5.82 Å². The van der Waals surface area contributed by atoms with Crippen molar-refractivity contribution in [2.24, 2.45) is 0 Å². The highest BCUT2D eigenvalue weighted by atomic mass is 32.2. The third kappa shape index (κ3) is 3.47. The molecular formula is C19H15N5O2S. The lowest BCUT2D eigenvalue weighted by Crippen LogP contribution is -2.17. The van der Waals surface area contributed by atoms with Gasteiger partial charge in [-0.1, -0.05) is 42.1 Å².